The number of rotatable bonds is 5. The van der Waals surface area contributed by atoms with E-state index in [1.807, 2.05) is 0 Å². The van der Waals surface area contributed by atoms with Crippen molar-refractivity contribution in [3.63, 3.8) is 0 Å². The molecule has 18 heavy (non-hydrogen) atoms. The number of thioether (sulfide) groups is 1. The second-order valence-corrected chi connectivity index (χ2v) is 4.46. The van der Waals surface area contributed by atoms with Crippen molar-refractivity contribution in [2.75, 3.05) is 5.32 Å². The Bertz CT molecular complexity index is 494. The molecule has 0 fully saturated rings. The summed E-state index contributed by atoms with van der Waals surface area (Å²) in [6, 6.07) is 6.96. The number of nitrogens with one attached hydrogen (secondary N) is 1. The Balaban J connectivity index is 2.05. The van der Waals surface area contributed by atoms with Gasteiger partial charge in [0, 0.05) is 23.0 Å². The van der Waals surface area contributed by atoms with Gasteiger partial charge in [0.2, 0.25) is 0 Å². The van der Waals surface area contributed by atoms with Gasteiger partial charge in [0.25, 0.3) is 5.76 Å². The Morgan fingerprint density at radius 3 is 2.78 bits per heavy atom. The summed E-state index contributed by atoms with van der Waals surface area (Å²) in [6.07, 6.45) is 4.82. The Hall–Kier alpha value is -1.69. The summed E-state index contributed by atoms with van der Waals surface area (Å²) in [4.78, 5) is 8.57. The number of nitrogens with zero attached hydrogens (tertiary/aromatic N) is 2. The summed E-state index contributed by atoms with van der Waals surface area (Å²) in [6.45, 7) is 0.453. The Morgan fingerprint density at radius 2 is 2.06 bits per heavy atom. The lowest BCUT2D eigenvalue weighted by molar-refractivity contribution is 0.252. The molecule has 94 valence electrons. The summed E-state index contributed by atoms with van der Waals surface area (Å²) in [5, 5.41) is 3.08. The van der Waals surface area contributed by atoms with E-state index in [1.165, 1.54) is 0 Å². The first-order chi connectivity index (χ1) is 8.75. The Morgan fingerprint density at radius 1 is 1.22 bits per heavy atom. The van der Waals surface area contributed by atoms with Gasteiger partial charge in [-0.25, -0.2) is 0 Å². The molecule has 0 aliphatic carbocycles. The van der Waals surface area contributed by atoms with E-state index >= 15 is 0 Å². The van der Waals surface area contributed by atoms with Gasteiger partial charge < -0.3 is 5.32 Å². The van der Waals surface area contributed by atoms with Crippen molar-refractivity contribution < 1.29 is 8.78 Å². The second-order valence-electron chi connectivity index (χ2n) is 3.42. The van der Waals surface area contributed by atoms with Crippen LogP contribution in [0.15, 0.2) is 47.8 Å². The molecular formula is C12H11F2N3S. The van der Waals surface area contributed by atoms with Gasteiger partial charge >= 0.3 is 0 Å². The number of halogens is 2. The zero-order chi connectivity index (χ0) is 12.8. The predicted octanol–water partition coefficient (Wildman–Crippen LogP) is 3.40. The molecule has 3 nitrogen and oxygen atoms in total. The Kier molecular flexibility index (Phi) is 4.46. The summed E-state index contributed by atoms with van der Waals surface area (Å²) < 4.78 is 24.8. The van der Waals surface area contributed by atoms with Crippen molar-refractivity contribution in [2.24, 2.45) is 0 Å². The average molecular weight is 267 g/mol. The fourth-order valence-electron chi connectivity index (χ4n) is 1.42. The molecule has 0 amide bonds. The molecule has 1 N–H and O–H groups in total. The van der Waals surface area contributed by atoms with Crippen LogP contribution >= 0.6 is 11.8 Å². The van der Waals surface area contributed by atoms with Gasteiger partial charge in [0.1, 0.15) is 0 Å². The lowest BCUT2D eigenvalue weighted by atomic mass is 10.3. The molecule has 2 aromatic rings. The number of alkyl halides is 2. The lowest BCUT2D eigenvalue weighted by Gasteiger charge is -2.10. The van der Waals surface area contributed by atoms with E-state index in [0.29, 0.717) is 28.9 Å². The van der Waals surface area contributed by atoms with E-state index < -0.39 is 5.76 Å². The monoisotopic (exact) mass is 267 g/mol. The molecule has 0 bridgehead atoms. The van der Waals surface area contributed by atoms with Crippen LogP contribution in [-0.4, -0.2) is 15.7 Å². The van der Waals surface area contributed by atoms with Crippen LogP contribution in [0.4, 0.5) is 14.5 Å². The largest absolute Gasteiger partial charge is 0.378 e. The minimum atomic E-state index is -2.43. The van der Waals surface area contributed by atoms with Crippen LogP contribution in [0.3, 0.4) is 0 Å². The van der Waals surface area contributed by atoms with Gasteiger partial charge in [-0.1, -0.05) is 23.9 Å². The van der Waals surface area contributed by atoms with E-state index in [-0.39, 0.29) is 0 Å². The minimum absolute atomic E-state index is 0.453. The molecule has 0 aliphatic heterocycles. The van der Waals surface area contributed by atoms with Crippen LogP contribution in [0.5, 0.6) is 0 Å². The fraction of sp³-hybridized carbons (Fsp3) is 0.167. The molecular weight excluding hydrogens is 256 g/mol. The average Bonchev–Trinajstić information content (AvgIpc) is 2.38. The molecule has 0 aliphatic rings. The van der Waals surface area contributed by atoms with Crippen LogP contribution in [0, 0.1) is 0 Å². The van der Waals surface area contributed by atoms with Crippen LogP contribution in [-0.2, 0) is 6.54 Å². The third-order valence-electron chi connectivity index (χ3n) is 2.18. The van der Waals surface area contributed by atoms with Gasteiger partial charge in [-0.2, -0.15) is 8.78 Å². The zero-order valence-electron chi connectivity index (χ0n) is 9.38. The van der Waals surface area contributed by atoms with Gasteiger partial charge in [-0.05, 0) is 12.1 Å². The minimum Gasteiger partial charge on any atom is -0.378 e. The van der Waals surface area contributed by atoms with Gasteiger partial charge in [0.05, 0.1) is 18.4 Å². The van der Waals surface area contributed by atoms with Gasteiger partial charge in [-0.15, -0.1) is 0 Å². The summed E-state index contributed by atoms with van der Waals surface area (Å²) in [7, 11) is 0. The quantitative estimate of drug-likeness (QED) is 0.842. The summed E-state index contributed by atoms with van der Waals surface area (Å²) >= 11 is 0.528. The molecule has 0 radical (unpaired) electrons. The lowest BCUT2D eigenvalue weighted by Crippen LogP contribution is -2.03. The smallest absolute Gasteiger partial charge is 0.288 e. The topological polar surface area (TPSA) is 37.8 Å². The fourth-order valence-corrected chi connectivity index (χ4v) is 2.03. The highest BCUT2D eigenvalue weighted by Gasteiger charge is 2.09. The second kappa shape index (κ2) is 6.30. The maximum absolute atomic E-state index is 12.4. The summed E-state index contributed by atoms with van der Waals surface area (Å²) in [5.74, 6) is -2.43. The van der Waals surface area contributed by atoms with E-state index in [2.05, 4.69) is 15.3 Å². The standard InChI is InChI=1S/C12H11F2N3S/c13-12(14)18-11-4-2-1-3-10(11)17-8-9-7-15-5-6-16-9/h1-7,12,17H,8H2. The van der Waals surface area contributed by atoms with E-state index in [9.17, 15) is 8.78 Å². The third kappa shape index (κ3) is 3.66. The molecule has 1 aromatic heterocycles. The zero-order valence-corrected chi connectivity index (χ0v) is 10.2. The molecule has 6 heteroatoms. The first-order valence-electron chi connectivity index (χ1n) is 5.28. The molecule has 0 atom stereocenters. The van der Waals surface area contributed by atoms with Gasteiger partial charge in [0.15, 0.2) is 0 Å². The molecule has 0 unspecified atom stereocenters. The van der Waals surface area contributed by atoms with Crippen molar-refractivity contribution in [3.05, 3.63) is 48.5 Å². The maximum Gasteiger partial charge on any atom is 0.288 e. The van der Waals surface area contributed by atoms with Crippen LogP contribution in [0.25, 0.3) is 0 Å². The highest BCUT2D eigenvalue weighted by Crippen LogP contribution is 2.31. The molecule has 1 heterocycles. The van der Waals surface area contributed by atoms with Crippen molar-refractivity contribution >= 4 is 17.4 Å². The number of hydrogen-bond donors (Lipinski definition) is 1. The first kappa shape index (κ1) is 12.8. The number of aromatic nitrogens is 2. The van der Waals surface area contributed by atoms with Gasteiger partial charge in [-0.3, -0.25) is 9.97 Å². The molecule has 0 saturated carbocycles. The van der Waals surface area contributed by atoms with Crippen molar-refractivity contribution in [1.82, 2.24) is 9.97 Å². The molecule has 1 aromatic carbocycles. The normalized spacial score (nSPS) is 10.6. The molecule has 0 saturated heterocycles. The first-order valence-corrected chi connectivity index (χ1v) is 6.16. The van der Waals surface area contributed by atoms with Crippen molar-refractivity contribution in [2.45, 2.75) is 17.2 Å². The predicted molar refractivity (Wildman–Crippen MR) is 67.7 cm³/mol. The Labute approximate surface area is 108 Å². The number of hydrogen-bond acceptors (Lipinski definition) is 4. The molecule has 0 spiro atoms. The number of anilines is 1. The third-order valence-corrected chi connectivity index (χ3v) is 2.97. The maximum atomic E-state index is 12.4. The molecule has 2 rings (SSSR count). The highest BCUT2D eigenvalue weighted by atomic mass is 32.2. The van der Waals surface area contributed by atoms with E-state index in [1.54, 1.807) is 42.9 Å². The van der Waals surface area contributed by atoms with E-state index in [0.717, 1.165) is 5.69 Å². The van der Waals surface area contributed by atoms with E-state index in [4.69, 9.17) is 0 Å². The SMILES string of the molecule is FC(F)Sc1ccccc1NCc1cnccn1. The van der Waals surface area contributed by atoms with Crippen LogP contribution < -0.4 is 5.32 Å². The van der Waals surface area contributed by atoms with Crippen molar-refractivity contribution in [3.8, 4) is 0 Å². The highest BCUT2D eigenvalue weighted by molar-refractivity contribution is 7.99. The van der Waals surface area contributed by atoms with Crippen molar-refractivity contribution in [1.29, 1.82) is 0 Å². The number of para-hydroxylation sites is 1. The summed E-state index contributed by atoms with van der Waals surface area (Å²) in [5.41, 5.74) is 1.43. The van der Waals surface area contributed by atoms with Crippen LogP contribution in [0.2, 0.25) is 0 Å². The van der Waals surface area contributed by atoms with Crippen LogP contribution in [0.1, 0.15) is 5.69 Å². The number of benzene rings is 1.